The second-order valence-electron chi connectivity index (χ2n) is 6.19. The van der Waals surface area contributed by atoms with E-state index >= 15 is 0 Å². The Kier molecular flexibility index (Phi) is 6.60. The van der Waals surface area contributed by atoms with Gasteiger partial charge < -0.3 is 25.4 Å². The van der Waals surface area contributed by atoms with E-state index in [1.807, 2.05) is 12.1 Å². The third-order valence-corrected chi connectivity index (χ3v) is 4.64. The zero-order valence-electron chi connectivity index (χ0n) is 15.8. The number of hydrogen-bond acceptors (Lipinski definition) is 6. The average molecular weight is 403 g/mol. The van der Waals surface area contributed by atoms with Gasteiger partial charge in [0, 0.05) is 30.8 Å². The monoisotopic (exact) mass is 402 g/mol. The molecule has 0 atom stereocenters. The zero-order chi connectivity index (χ0) is 19.9. The van der Waals surface area contributed by atoms with Gasteiger partial charge in [-0.1, -0.05) is 17.7 Å². The van der Waals surface area contributed by atoms with E-state index in [1.54, 1.807) is 38.5 Å². The van der Waals surface area contributed by atoms with Crippen molar-refractivity contribution in [2.45, 2.75) is 13.1 Å². The largest absolute Gasteiger partial charge is 0.496 e. The molecule has 0 aromatic heterocycles. The van der Waals surface area contributed by atoms with Crippen molar-refractivity contribution in [2.24, 2.45) is 4.99 Å². The van der Waals surface area contributed by atoms with E-state index in [0.717, 1.165) is 30.2 Å². The predicted molar refractivity (Wildman–Crippen MR) is 109 cm³/mol. The summed E-state index contributed by atoms with van der Waals surface area (Å²) in [6.07, 6.45) is 0. The van der Waals surface area contributed by atoms with Crippen LogP contribution in [0.4, 0.5) is 0 Å². The molecule has 2 aromatic carbocycles. The first kappa shape index (κ1) is 19.8. The predicted octanol–water partition coefficient (Wildman–Crippen LogP) is 2.34. The molecule has 8 heteroatoms. The van der Waals surface area contributed by atoms with Gasteiger partial charge in [-0.2, -0.15) is 0 Å². The highest BCUT2D eigenvalue weighted by molar-refractivity contribution is 6.32. The number of carbonyl (C=O) groups excluding carboxylic acids is 1. The maximum atomic E-state index is 12.6. The van der Waals surface area contributed by atoms with Gasteiger partial charge in [0.1, 0.15) is 11.5 Å². The van der Waals surface area contributed by atoms with Crippen LogP contribution in [0.1, 0.15) is 21.5 Å². The van der Waals surface area contributed by atoms with Crippen molar-refractivity contribution in [2.75, 3.05) is 27.3 Å². The molecule has 0 radical (unpaired) electrons. The van der Waals surface area contributed by atoms with E-state index in [-0.39, 0.29) is 5.91 Å². The number of ether oxygens (including phenoxy) is 2. The molecule has 3 rings (SSSR count). The second kappa shape index (κ2) is 9.32. The Morgan fingerprint density at radius 1 is 1.14 bits per heavy atom. The number of methoxy groups -OCH3 is 2. The molecule has 1 aliphatic rings. The van der Waals surface area contributed by atoms with E-state index in [2.05, 4.69) is 20.9 Å². The molecule has 7 nitrogen and oxygen atoms in total. The Labute approximate surface area is 169 Å². The molecule has 1 amide bonds. The molecule has 0 bridgehead atoms. The van der Waals surface area contributed by atoms with Crippen molar-refractivity contribution < 1.29 is 14.3 Å². The van der Waals surface area contributed by atoms with Gasteiger partial charge in [-0.05, 0) is 35.9 Å². The normalized spacial score (nSPS) is 12.8. The fourth-order valence-corrected chi connectivity index (χ4v) is 3.05. The van der Waals surface area contributed by atoms with Crippen molar-refractivity contribution in [1.29, 1.82) is 0 Å². The summed E-state index contributed by atoms with van der Waals surface area (Å²) < 4.78 is 10.6. The third-order valence-electron chi connectivity index (χ3n) is 4.33. The molecule has 2 aromatic rings. The Hall–Kier alpha value is -2.93. The number of aliphatic imine (C=N–C) groups is 1. The van der Waals surface area contributed by atoms with Gasteiger partial charge in [0.05, 0.1) is 25.8 Å². The summed E-state index contributed by atoms with van der Waals surface area (Å²) in [5.74, 6) is 1.88. The number of hydrogen-bond donors (Lipinski definition) is 3. The van der Waals surface area contributed by atoms with Crippen LogP contribution >= 0.6 is 11.6 Å². The molecule has 0 saturated carbocycles. The van der Waals surface area contributed by atoms with Gasteiger partial charge in [0.2, 0.25) is 0 Å². The van der Waals surface area contributed by atoms with Crippen molar-refractivity contribution in [1.82, 2.24) is 16.0 Å². The Balaban J connectivity index is 1.66. The minimum atomic E-state index is -0.172. The molecule has 0 aliphatic carbocycles. The fourth-order valence-electron chi connectivity index (χ4n) is 2.85. The van der Waals surface area contributed by atoms with Crippen molar-refractivity contribution in [3.05, 3.63) is 58.1 Å². The lowest BCUT2D eigenvalue weighted by atomic mass is 10.1. The summed E-state index contributed by atoms with van der Waals surface area (Å²) in [7, 11) is 3.17. The summed E-state index contributed by atoms with van der Waals surface area (Å²) in [5.41, 5.74) is 2.33. The second-order valence-corrected chi connectivity index (χ2v) is 6.60. The molecular weight excluding hydrogens is 380 g/mol. The number of carbonyl (C=O) groups is 1. The summed E-state index contributed by atoms with van der Waals surface area (Å²) in [4.78, 5) is 16.9. The van der Waals surface area contributed by atoms with Crippen LogP contribution in [0.5, 0.6) is 11.5 Å². The van der Waals surface area contributed by atoms with Crippen LogP contribution in [0, 0.1) is 0 Å². The first-order valence-electron chi connectivity index (χ1n) is 8.90. The van der Waals surface area contributed by atoms with Gasteiger partial charge in [-0.25, -0.2) is 0 Å². The third kappa shape index (κ3) is 4.86. The fraction of sp³-hybridized carbons (Fsp3) is 0.300. The molecule has 0 spiro atoms. The van der Waals surface area contributed by atoms with E-state index in [4.69, 9.17) is 21.1 Å². The van der Waals surface area contributed by atoms with Gasteiger partial charge in [-0.15, -0.1) is 0 Å². The van der Waals surface area contributed by atoms with Crippen LogP contribution in [0.15, 0.2) is 41.4 Å². The van der Waals surface area contributed by atoms with Gasteiger partial charge in [0.15, 0.2) is 5.96 Å². The topological polar surface area (TPSA) is 84.0 Å². The summed E-state index contributed by atoms with van der Waals surface area (Å²) >= 11 is 6.03. The number of guanidine groups is 1. The lowest BCUT2D eigenvalue weighted by Crippen LogP contribution is -2.33. The molecule has 1 aliphatic heterocycles. The smallest absolute Gasteiger partial charge is 0.251 e. The average Bonchev–Trinajstić information content (AvgIpc) is 3.24. The zero-order valence-corrected chi connectivity index (χ0v) is 16.6. The minimum absolute atomic E-state index is 0.172. The highest BCUT2D eigenvalue weighted by Gasteiger charge is 2.12. The van der Waals surface area contributed by atoms with Crippen molar-refractivity contribution in [3.63, 3.8) is 0 Å². The first-order valence-corrected chi connectivity index (χ1v) is 9.28. The standard InChI is InChI=1S/C20H23ClN4O3/c1-27-17-6-4-14(10-15(17)12-25-20-22-7-8-23-20)19(26)24-11-13-3-5-16(21)18(9-13)28-2/h3-6,9-10H,7-8,11-12H2,1-2H3,(H,24,26)(H2,22,23,25). The molecule has 0 fully saturated rings. The minimum Gasteiger partial charge on any atom is -0.496 e. The van der Waals surface area contributed by atoms with E-state index in [1.165, 1.54) is 0 Å². The Bertz CT molecular complexity index is 886. The number of halogens is 1. The van der Waals surface area contributed by atoms with Crippen LogP contribution in [-0.2, 0) is 13.1 Å². The van der Waals surface area contributed by atoms with E-state index in [9.17, 15) is 4.79 Å². The number of nitrogens with zero attached hydrogens (tertiary/aromatic N) is 1. The molecular formula is C20H23ClN4O3. The van der Waals surface area contributed by atoms with Crippen LogP contribution < -0.4 is 25.4 Å². The first-order chi connectivity index (χ1) is 13.6. The van der Waals surface area contributed by atoms with Crippen molar-refractivity contribution in [3.8, 4) is 11.5 Å². The number of nitrogens with one attached hydrogen (secondary N) is 3. The highest BCUT2D eigenvalue weighted by Crippen LogP contribution is 2.25. The van der Waals surface area contributed by atoms with E-state index < -0.39 is 0 Å². The van der Waals surface area contributed by atoms with Crippen molar-refractivity contribution >= 4 is 23.5 Å². The Morgan fingerprint density at radius 3 is 2.68 bits per heavy atom. The van der Waals surface area contributed by atoms with Crippen LogP contribution in [-0.4, -0.2) is 39.2 Å². The Morgan fingerprint density at radius 2 is 1.96 bits per heavy atom. The van der Waals surface area contributed by atoms with Gasteiger partial charge in [0.25, 0.3) is 5.91 Å². The molecule has 0 unspecified atom stereocenters. The molecule has 148 valence electrons. The highest BCUT2D eigenvalue weighted by atomic mass is 35.5. The summed E-state index contributed by atoms with van der Waals surface area (Å²) in [6.45, 7) is 2.46. The van der Waals surface area contributed by atoms with Gasteiger partial charge >= 0.3 is 0 Å². The quantitative estimate of drug-likeness (QED) is 0.662. The summed E-state index contributed by atoms with van der Waals surface area (Å²) in [5, 5.41) is 9.81. The lowest BCUT2D eigenvalue weighted by molar-refractivity contribution is 0.0950. The van der Waals surface area contributed by atoms with Crippen LogP contribution in [0.2, 0.25) is 5.02 Å². The molecule has 0 saturated heterocycles. The van der Waals surface area contributed by atoms with Crippen LogP contribution in [0.25, 0.3) is 0 Å². The lowest BCUT2D eigenvalue weighted by Gasteiger charge is -2.13. The SMILES string of the molecule is COc1cc(CNC(=O)c2ccc(OC)c(CNC3=NCCN3)c2)ccc1Cl. The number of amides is 1. The van der Waals surface area contributed by atoms with Gasteiger partial charge in [-0.3, -0.25) is 9.79 Å². The number of rotatable bonds is 7. The molecule has 28 heavy (non-hydrogen) atoms. The van der Waals surface area contributed by atoms with E-state index in [0.29, 0.717) is 35.2 Å². The maximum absolute atomic E-state index is 12.6. The maximum Gasteiger partial charge on any atom is 0.251 e. The molecule has 3 N–H and O–H groups in total. The molecule has 1 heterocycles. The van der Waals surface area contributed by atoms with Crippen LogP contribution in [0.3, 0.4) is 0 Å². The summed E-state index contributed by atoms with van der Waals surface area (Å²) in [6, 6.07) is 10.8. The number of benzene rings is 2.